The van der Waals surface area contributed by atoms with Gasteiger partial charge in [-0.1, -0.05) is 18.5 Å². The second-order valence-electron chi connectivity index (χ2n) is 4.35. The molecule has 0 aliphatic heterocycles. The summed E-state index contributed by atoms with van der Waals surface area (Å²) in [7, 11) is 0. The Kier molecular flexibility index (Phi) is 5.18. The normalized spacial score (nSPS) is 12.7. The molecule has 108 valence electrons. The molecule has 20 heavy (non-hydrogen) atoms. The zero-order valence-electron chi connectivity index (χ0n) is 11.3. The fourth-order valence-electron chi connectivity index (χ4n) is 2.20. The number of aromatic nitrogens is 2. The van der Waals surface area contributed by atoms with E-state index in [0.717, 1.165) is 10.2 Å². The van der Waals surface area contributed by atoms with Gasteiger partial charge in [0.05, 0.1) is 22.4 Å². The van der Waals surface area contributed by atoms with Crippen LogP contribution in [0, 0.1) is 5.82 Å². The van der Waals surface area contributed by atoms with Crippen LogP contribution >= 0.6 is 27.5 Å². The average Bonchev–Trinajstić information content (AvgIpc) is 2.80. The third-order valence-electron chi connectivity index (χ3n) is 3.08. The molecule has 1 unspecified atom stereocenters. The Morgan fingerprint density at radius 1 is 1.45 bits per heavy atom. The summed E-state index contributed by atoms with van der Waals surface area (Å²) >= 11 is 9.50. The van der Waals surface area contributed by atoms with Crippen molar-refractivity contribution in [2.75, 3.05) is 6.54 Å². The number of halogens is 3. The van der Waals surface area contributed by atoms with Crippen LogP contribution in [0.15, 0.2) is 28.9 Å². The monoisotopic (exact) mass is 359 g/mol. The first-order chi connectivity index (χ1) is 9.58. The van der Waals surface area contributed by atoms with Crippen molar-refractivity contribution in [3.05, 3.63) is 51.0 Å². The zero-order chi connectivity index (χ0) is 14.7. The third kappa shape index (κ3) is 3.05. The average molecular weight is 361 g/mol. The molecule has 1 aromatic carbocycles. The van der Waals surface area contributed by atoms with Crippen molar-refractivity contribution in [3.63, 3.8) is 0 Å². The predicted octanol–water partition coefficient (Wildman–Crippen LogP) is 4.16. The van der Waals surface area contributed by atoms with E-state index in [1.54, 1.807) is 18.3 Å². The van der Waals surface area contributed by atoms with Crippen molar-refractivity contribution < 1.29 is 4.39 Å². The van der Waals surface area contributed by atoms with Gasteiger partial charge >= 0.3 is 0 Å². The first-order valence-electron chi connectivity index (χ1n) is 6.48. The van der Waals surface area contributed by atoms with Gasteiger partial charge in [-0.15, -0.1) is 0 Å². The number of aryl methyl sites for hydroxylation is 1. The Morgan fingerprint density at radius 2 is 2.20 bits per heavy atom. The van der Waals surface area contributed by atoms with Crippen LogP contribution < -0.4 is 5.32 Å². The van der Waals surface area contributed by atoms with Crippen molar-refractivity contribution in [2.45, 2.75) is 26.4 Å². The maximum absolute atomic E-state index is 14.2. The topological polar surface area (TPSA) is 29.9 Å². The molecule has 1 N–H and O–H groups in total. The Balaban J connectivity index is 2.56. The molecule has 0 amide bonds. The fraction of sp³-hybridized carbons (Fsp3) is 0.357. The predicted molar refractivity (Wildman–Crippen MR) is 82.5 cm³/mol. The summed E-state index contributed by atoms with van der Waals surface area (Å²) in [5.74, 6) is -0.281. The van der Waals surface area contributed by atoms with E-state index in [2.05, 4.69) is 26.3 Å². The highest BCUT2D eigenvalue weighted by molar-refractivity contribution is 9.10. The van der Waals surface area contributed by atoms with Crippen LogP contribution in [-0.4, -0.2) is 16.3 Å². The van der Waals surface area contributed by atoms with E-state index in [-0.39, 0.29) is 11.9 Å². The first kappa shape index (κ1) is 15.5. The molecule has 1 aromatic heterocycles. The molecule has 2 rings (SSSR count). The highest BCUT2D eigenvalue weighted by Crippen LogP contribution is 2.31. The van der Waals surface area contributed by atoms with Gasteiger partial charge < -0.3 is 5.32 Å². The van der Waals surface area contributed by atoms with E-state index in [1.807, 2.05) is 18.5 Å². The molecule has 2 aromatic rings. The van der Waals surface area contributed by atoms with Gasteiger partial charge in [0.1, 0.15) is 5.82 Å². The number of hydrogen-bond donors (Lipinski definition) is 1. The second-order valence-corrected chi connectivity index (χ2v) is 5.64. The van der Waals surface area contributed by atoms with E-state index in [1.165, 1.54) is 6.07 Å². The number of hydrogen-bond acceptors (Lipinski definition) is 2. The summed E-state index contributed by atoms with van der Waals surface area (Å²) in [6.07, 6.45) is 1.73. The molecular weight excluding hydrogens is 345 g/mol. The summed E-state index contributed by atoms with van der Waals surface area (Å²) in [5, 5.41) is 8.10. The molecule has 0 bridgehead atoms. The van der Waals surface area contributed by atoms with E-state index < -0.39 is 0 Å². The lowest BCUT2D eigenvalue weighted by atomic mass is 10.0. The molecule has 0 saturated heterocycles. The van der Waals surface area contributed by atoms with Crippen LogP contribution in [-0.2, 0) is 6.54 Å². The zero-order valence-corrected chi connectivity index (χ0v) is 13.7. The van der Waals surface area contributed by atoms with E-state index in [4.69, 9.17) is 11.6 Å². The molecule has 0 aliphatic rings. The van der Waals surface area contributed by atoms with Gasteiger partial charge in [0.25, 0.3) is 0 Å². The van der Waals surface area contributed by atoms with E-state index >= 15 is 0 Å². The van der Waals surface area contributed by atoms with E-state index in [0.29, 0.717) is 23.7 Å². The fourth-order valence-corrected chi connectivity index (χ4v) is 2.91. The molecule has 1 atom stereocenters. The molecule has 0 aliphatic carbocycles. The molecule has 0 fully saturated rings. The van der Waals surface area contributed by atoms with Crippen molar-refractivity contribution in [1.29, 1.82) is 0 Å². The number of nitrogens with zero attached hydrogens (tertiary/aromatic N) is 2. The van der Waals surface area contributed by atoms with Gasteiger partial charge in [-0.05, 0) is 47.6 Å². The standard InChI is InChI=1S/C14H16BrClFN3/c1-3-18-13(10-7-9(16)5-6-12(10)17)14-11(15)8-19-20(14)4-2/h5-8,13,18H,3-4H2,1-2H3. The molecule has 0 radical (unpaired) electrons. The summed E-state index contributed by atoms with van der Waals surface area (Å²) in [6.45, 7) is 5.40. The lowest BCUT2D eigenvalue weighted by molar-refractivity contribution is 0.514. The maximum atomic E-state index is 14.2. The minimum atomic E-state index is -0.296. The largest absolute Gasteiger partial charge is 0.305 e. The minimum Gasteiger partial charge on any atom is -0.305 e. The van der Waals surface area contributed by atoms with E-state index in [9.17, 15) is 4.39 Å². The molecule has 3 nitrogen and oxygen atoms in total. The first-order valence-corrected chi connectivity index (χ1v) is 7.65. The van der Waals surface area contributed by atoms with Crippen molar-refractivity contribution >= 4 is 27.5 Å². The minimum absolute atomic E-state index is 0.281. The van der Waals surface area contributed by atoms with Crippen LogP contribution in [0.1, 0.15) is 31.1 Å². The van der Waals surface area contributed by atoms with Crippen LogP contribution in [0.3, 0.4) is 0 Å². The third-order valence-corrected chi connectivity index (χ3v) is 3.93. The molecule has 0 saturated carbocycles. The van der Waals surface area contributed by atoms with Crippen molar-refractivity contribution in [2.24, 2.45) is 0 Å². The van der Waals surface area contributed by atoms with Crippen LogP contribution in [0.5, 0.6) is 0 Å². The highest BCUT2D eigenvalue weighted by Gasteiger charge is 2.23. The summed E-state index contributed by atoms with van der Waals surface area (Å²) in [6, 6.07) is 4.30. The van der Waals surface area contributed by atoms with Crippen LogP contribution in [0.25, 0.3) is 0 Å². The quantitative estimate of drug-likeness (QED) is 0.868. The SMILES string of the molecule is CCNC(c1cc(Cl)ccc1F)c1c(Br)cnn1CC. The van der Waals surface area contributed by atoms with Gasteiger partial charge in [0.15, 0.2) is 0 Å². The van der Waals surface area contributed by atoms with Gasteiger partial charge in [-0.3, -0.25) is 4.68 Å². The Hall–Kier alpha value is -0.910. The summed E-state index contributed by atoms with van der Waals surface area (Å²) in [4.78, 5) is 0. The van der Waals surface area contributed by atoms with Gasteiger partial charge in [0, 0.05) is 17.1 Å². The van der Waals surface area contributed by atoms with Crippen molar-refractivity contribution in [1.82, 2.24) is 15.1 Å². The number of nitrogens with one attached hydrogen (secondary N) is 1. The number of benzene rings is 1. The lowest BCUT2D eigenvalue weighted by Crippen LogP contribution is -2.26. The molecule has 6 heteroatoms. The van der Waals surface area contributed by atoms with Gasteiger partial charge in [-0.2, -0.15) is 5.10 Å². The smallest absolute Gasteiger partial charge is 0.128 e. The molecule has 0 spiro atoms. The molecule has 1 heterocycles. The maximum Gasteiger partial charge on any atom is 0.128 e. The van der Waals surface area contributed by atoms with Crippen molar-refractivity contribution in [3.8, 4) is 0 Å². The summed E-state index contributed by atoms with van der Waals surface area (Å²) < 4.78 is 16.9. The summed E-state index contributed by atoms with van der Waals surface area (Å²) in [5.41, 5.74) is 1.42. The van der Waals surface area contributed by atoms with Gasteiger partial charge in [0.2, 0.25) is 0 Å². The second kappa shape index (κ2) is 6.70. The number of rotatable bonds is 5. The van der Waals surface area contributed by atoms with Crippen LogP contribution in [0.4, 0.5) is 4.39 Å². The van der Waals surface area contributed by atoms with Gasteiger partial charge in [-0.25, -0.2) is 4.39 Å². The lowest BCUT2D eigenvalue weighted by Gasteiger charge is -2.21. The Labute approximate surface area is 131 Å². The van der Waals surface area contributed by atoms with Crippen LogP contribution in [0.2, 0.25) is 5.02 Å². The highest BCUT2D eigenvalue weighted by atomic mass is 79.9. The Bertz CT molecular complexity index is 600. The molecular formula is C14H16BrClFN3. The Morgan fingerprint density at radius 3 is 2.85 bits per heavy atom.